The Hall–Kier alpha value is -1.90. The molecule has 0 bridgehead atoms. The Balaban J connectivity index is 2.13. The minimum absolute atomic E-state index is 0.137. The van der Waals surface area contributed by atoms with Crippen molar-refractivity contribution >= 4 is 16.7 Å². The van der Waals surface area contributed by atoms with E-state index in [2.05, 4.69) is 22.4 Å². The SMILES string of the molecule is O=C1CC(c2cncc3ccccc23)CN1. The summed E-state index contributed by atoms with van der Waals surface area (Å²) in [5.74, 6) is 0.407. The molecule has 80 valence electrons. The van der Waals surface area contributed by atoms with Crippen molar-refractivity contribution in [2.75, 3.05) is 6.54 Å². The van der Waals surface area contributed by atoms with E-state index < -0.39 is 0 Å². The zero-order valence-electron chi connectivity index (χ0n) is 8.81. The molecule has 1 N–H and O–H groups in total. The number of pyridine rings is 1. The van der Waals surface area contributed by atoms with E-state index >= 15 is 0 Å². The summed E-state index contributed by atoms with van der Waals surface area (Å²) in [5, 5.41) is 5.21. The summed E-state index contributed by atoms with van der Waals surface area (Å²) in [4.78, 5) is 15.5. The first-order chi connectivity index (χ1) is 7.84. The van der Waals surface area contributed by atoms with Gasteiger partial charge in [-0.2, -0.15) is 0 Å². The molecule has 0 radical (unpaired) electrons. The Morgan fingerprint density at radius 2 is 2.12 bits per heavy atom. The smallest absolute Gasteiger partial charge is 0.220 e. The Morgan fingerprint density at radius 1 is 1.25 bits per heavy atom. The van der Waals surface area contributed by atoms with E-state index in [1.165, 1.54) is 10.9 Å². The maximum absolute atomic E-state index is 11.2. The summed E-state index contributed by atoms with van der Waals surface area (Å²) in [7, 11) is 0. The lowest BCUT2D eigenvalue weighted by atomic mass is 9.95. The van der Waals surface area contributed by atoms with Gasteiger partial charge in [-0.05, 0) is 10.9 Å². The number of amides is 1. The van der Waals surface area contributed by atoms with Crippen molar-refractivity contribution in [2.45, 2.75) is 12.3 Å². The van der Waals surface area contributed by atoms with Crippen LogP contribution in [-0.2, 0) is 4.79 Å². The van der Waals surface area contributed by atoms with Crippen molar-refractivity contribution in [3.63, 3.8) is 0 Å². The number of nitrogens with one attached hydrogen (secondary N) is 1. The van der Waals surface area contributed by atoms with Crippen LogP contribution in [0, 0.1) is 0 Å². The molecule has 0 spiro atoms. The third kappa shape index (κ3) is 1.45. The number of carbonyl (C=O) groups excluding carboxylic acids is 1. The first-order valence-electron chi connectivity index (χ1n) is 5.44. The van der Waals surface area contributed by atoms with E-state index in [9.17, 15) is 4.79 Å². The van der Waals surface area contributed by atoms with E-state index in [4.69, 9.17) is 0 Å². The van der Waals surface area contributed by atoms with Gasteiger partial charge in [0.2, 0.25) is 5.91 Å². The molecule has 2 aromatic rings. The summed E-state index contributed by atoms with van der Waals surface area (Å²) >= 11 is 0. The lowest BCUT2D eigenvalue weighted by Crippen LogP contribution is -2.13. The molecule has 0 aliphatic carbocycles. The predicted octanol–water partition coefficient (Wildman–Crippen LogP) is 1.84. The van der Waals surface area contributed by atoms with Crippen LogP contribution in [0.5, 0.6) is 0 Å². The maximum Gasteiger partial charge on any atom is 0.220 e. The fraction of sp³-hybridized carbons (Fsp3) is 0.231. The van der Waals surface area contributed by atoms with E-state index in [-0.39, 0.29) is 11.8 Å². The zero-order valence-corrected chi connectivity index (χ0v) is 8.81. The fourth-order valence-electron chi connectivity index (χ4n) is 2.29. The van der Waals surface area contributed by atoms with Crippen LogP contribution in [0.15, 0.2) is 36.7 Å². The third-order valence-electron chi connectivity index (χ3n) is 3.12. The van der Waals surface area contributed by atoms with Crippen molar-refractivity contribution in [3.8, 4) is 0 Å². The molecule has 1 saturated heterocycles. The highest BCUT2D eigenvalue weighted by molar-refractivity contribution is 5.87. The molecule has 1 aliphatic rings. The topological polar surface area (TPSA) is 42.0 Å². The number of fused-ring (bicyclic) bond motifs is 1. The summed E-state index contributed by atoms with van der Waals surface area (Å²) < 4.78 is 0. The summed E-state index contributed by atoms with van der Waals surface area (Å²) in [6, 6.07) is 8.17. The van der Waals surface area contributed by atoms with Crippen molar-refractivity contribution in [1.82, 2.24) is 10.3 Å². The van der Waals surface area contributed by atoms with Gasteiger partial charge in [-0.1, -0.05) is 24.3 Å². The number of carbonyl (C=O) groups is 1. The number of hydrogen-bond donors (Lipinski definition) is 1. The lowest BCUT2D eigenvalue weighted by Gasteiger charge is -2.10. The quantitative estimate of drug-likeness (QED) is 0.783. The number of rotatable bonds is 1. The maximum atomic E-state index is 11.2. The number of aromatic nitrogens is 1. The van der Waals surface area contributed by atoms with Gasteiger partial charge < -0.3 is 5.32 Å². The van der Waals surface area contributed by atoms with Crippen LogP contribution in [0.4, 0.5) is 0 Å². The highest BCUT2D eigenvalue weighted by Gasteiger charge is 2.24. The van der Waals surface area contributed by atoms with Crippen LogP contribution in [0.1, 0.15) is 17.9 Å². The van der Waals surface area contributed by atoms with Gasteiger partial charge in [-0.15, -0.1) is 0 Å². The molecule has 3 nitrogen and oxygen atoms in total. The minimum Gasteiger partial charge on any atom is -0.355 e. The second-order valence-electron chi connectivity index (χ2n) is 4.15. The molecule has 1 aromatic carbocycles. The highest BCUT2D eigenvalue weighted by atomic mass is 16.1. The van der Waals surface area contributed by atoms with E-state index in [0.717, 1.165) is 11.9 Å². The molecule has 1 unspecified atom stereocenters. The lowest BCUT2D eigenvalue weighted by molar-refractivity contribution is -0.119. The van der Waals surface area contributed by atoms with Crippen molar-refractivity contribution in [3.05, 3.63) is 42.2 Å². The largest absolute Gasteiger partial charge is 0.355 e. The molecule has 3 rings (SSSR count). The average Bonchev–Trinajstić information content (AvgIpc) is 2.75. The van der Waals surface area contributed by atoms with Crippen LogP contribution >= 0.6 is 0 Å². The van der Waals surface area contributed by atoms with Crippen LogP contribution in [-0.4, -0.2) is 17.4 Å². The molecule has 16 heavy (non-hydrogen) atoms. The van der Waals surface area contributed by atoms with E-state index in [1.807, 2.05) is 24.5 Å². The van der Waals surface area contributed by atoms with Crippen LogP contribution < -0.4 is 5.32 Å². The summed E-state index contributed by atoms with van der Waals surface area (Å²) in [6.45, 7) is 0.731. The van der Waals surface area contributed by atoms with Crippen molar-refractivity contribution < 1.29 is 4.79 Å². The molecule has 1 fully saturated rings. The van der Waals surface area contributed by atoms with Crippen molar-refractivity contribution in [1.29, 1.82) is 0 Å². The van der Waals surface area contributed by atoms with E-state index in [1.54, 1.807) is 0 Å². The van der Waals surface area contributed by atoms with Gasteiger partial charge in [0.15, 0.2) is 0 Å². The average molecular weight is 212 g/mol. The van der Waals surface area contributed by atoms with Gasteiger partial charge in [0.25, 0.3) is 0 Å². The molecule has 0 saturated carbocycles. The van der Waals surface area contributed by atoms with Gasteiger partial charge in [0, 0.05) is 36.7 Å². The monoisotopic (exact) mass is 212 g/mol. The first kappa shape index (κ1) is 9.33. The summed E-state index contributed by atoms with van der Waals surface area (Å²) in [6.07, 6.45) is 4.33. The molecule has 1 aromatic heterocycles. The summed E-state index contributed by atoms with van der Waals surface area (Å²) in [5.41, 5.74) is 1.18. The molecular formula is C13H12N2O. The fourth-order valence-corrected chi connectivity index (χ4v) is 2.29. The molecule has 1 amide bonds. The molecular weight excluding hydrogens is 200 g/mol. The Morgan fingerprint density at radius 3 is 2.94 bits per heavy atom. The van der Waals surface area contributed by atoms with Crippen LogP contribution in [0.25, 0.3) is 10.8 Å². The highest BCUT2D eigenvalue weighted by Crippen LogP contribution is 2.28. The predicted molar refractivity (Wildman–Crippen MR) is 62.1 cm³/mol. The van der Waals surface area contributed by atoms with Gasteiger partial charge in [0.05, 0.1) is 0 Å². The standard InChI is InChI=1S/C13H12N2O/c16-13-5-10(7-15-13)12-8-14-6-9-3-1-2-4-11(9)12/h1-4,6,8,10H,5,7H2,(H,15,16). The first-order valence-corrected chi connectivity index (χ1v) is 5.44. The second-order valence-corrected chi connectivity index (χ2v) is 4.15. The van der Waals surface area contributed by atoms with Crippen LogP contribution in [0.3, 0.4) is 0 Å². The normalized spacial score (nSPS) is 20.0. The zero-order chi connectivity index (χ0) is 11.0. The van der Waals surface area contributed by atoms with Gasteiger partial charge >= 0.3 is 0 Å². The van der Waals surface area contributed by atoms with Crippen LogP contribution in [0.2, 0.25) is 0 Å². The Bertz CT molecular complexity index is 545. The van der Waals surface area contributed by atoms with Gasteiger partial charge in [-0.25, -0.2) is 0 Å². The Labute approximate surface area is 93.5 Å². The number of benzene rings is 1. The third-order valence-corrected chi connectivity index (χ3v) is 3.12. The van der Waals surface area contributed by atoms with Crippen molar-refractivity contribution in [2.24, 2.45) is 0 Å². The van der Waals surface area contributed by atoms with E-state index in [0.29, 0.717) is 6.42 Å². The second kappa shape index (κ2) is 3.59. The number of nitrogens with zero attached hydrogens (tertiary/aromatic N) is 1. The Kier molecular flexibility index (Phi) is 2.10. The van der Waals surface area contributed by atoms with Gasteiger partial charge in [0.1, 0.15) is 0 Å². The minimum atomic E-state index is 0.137. The molecule has 1 atom stereocenters. The molecule has 2 heterocycles. The number of hydrogen-bond acceptors (Lipinski definition) is 2. The van der Waals surface area contributed by atoms with Gasteiger partial charge in [-0.3, -0.25) is 9.78 Å². The molecule has 1 aliphatic heterocycles. The molecule has 3 heteroatoms.